The Kier molecular flexibility index (Phi) is 8.97. The topological polar surface area (TPSA) is 107 Å². The van der Waals surface area contributed by atoms with Gasteiger partial charge in [0, 0.05) is 31.1 Å². The van der Waals surface area contributed by atoms with Gasteiger partial charge in [0.1, 0.15) is 11.6 Å². The zero-order chi connectivity index (χ0) is 24.2. The van der Waals surface area contributed by atoms with E-state index in [0.717, 1.165) is 32.1 Å². The smallest absolute Gasteiger partial charge is 0.310 e. The van der Waals surface area contributed by atoms with Crippen LogP contribution in [0.4, 0.5) is 0 Å². The van der Waals surface area contributed by atoms with Crippen LogP contribution >= 0.6 is 15.9 Å². The first-order valence-electron chi connectivity index (χ1n) is 12.2. The van der Waals surface area contributed by atoms with Crippen molar-refractivity contribution >= 4 is 33.7 Å². The van der Waals surface area contributed by atoms with Crippen molar-refractivity contribution in [2.75, 3.05) is 26.2 Å². The normalized spacial score (nSPS) is 32.3. The van der Waals surface area contributed by atoms with Crippen molar-refractivity contribution in [3.8, 4) is 0 Å². The molecule has 2 amide bonds. The number of fused-ring (bicyclic) bond motifs is 1. The van der Waals surface area contributed by atoms with E-state index in [1.54, 1.807) is 15.9 Å². The number of nitrogens with zero attached hydrogens (tertiary/aromatic N) is 2. The van der Waals surface area contributed by atoms with Crippen LogP contribution in [-0.2, 0) is 19.1 Å². The van der Waals surface area contributed by atoms with E-state index in [4.69, 9.17) is 9.84 Å². The number of rotatable bonds is 14. The number of carbonyl (C=O) groups is 3. The molecule has 3 saturated heterocycles. The summed E-state index contributed by atoms with van der Waals surface area (Å²) >= 11 is 3.57. The van der Waals surface area contributed by atoms with E-state index >= 15 is 0 Å². The quantitative estimate of drug-likeness (QED) is 0.204. The number of hydrogen-bond acceptors (Lipinski definition) is 5. The lowest BCUT2D eigenvalue weighted by atomic mass is 9.70. The standard InChI is InChI=1S/C24H37BrN2O6/c1-3-5-8-12-26(11-4-2)22(30)20-24-15-16(25)19(33-24)17(23(31)32)18(24)21(29)27(20)13-9-6-7-10-14-28/h4,16-20,28H,2-3,5-15H2,1H3,(H,31,32)/t16?,17-,18+,19-,20-,24+/m0/s1. The Balaban J connectivity index is 1.91. The third-order valence-corrected chi connectivity index (χ3v) is 8.15. The van der Waals surface area contributed by atoms with E-state index in [1.165, 1.54) is 0 Å². The van der Waals surface area contributed by atoms with Gasteiger partial charge >= 0.3 is 5.97 Å². The summed E-state index contributed by atoms with van der Waals surface area (Å²) in [6, 6.07) is -0.830. The number of halogens is 1. The number of aliphatic hydroxyl groups is 1. The molecule has 9 heteroatoms. The minimum atomic E-state index is -1.12. The number of unbranched alkanes of at least 4 members (excludes halogenated alkanes) is 5. The van der Waals surface area contributed by atoms with E-state index in [0.29, 0.717) is 38.9 Å². The Labute approximate surface area is 204 Å². The largest absolute Gasteiger partial charge is 0.481 e. The monoisotopic (exact) mass is 528 g/mol. The number of carboxylic acids is 1. The van der Waals surface area contributed by atoms with Crippen molar-refractivity contribution in [3.63, 3.8) is 0 Å². The molecule has 1 unspecified atom stereocenters. The zero-order valence-corrected chi connectivity index (χ0v) is 21.0. The van der Waals surface area contributed by atoms with Gasteiger partial charge in [-0.2, -0.15) is 0 Å². The fraction of sp³-hybridized carbons (Fsp3) is 0.792. The van der Waals surface area contributed by atoms with Crippen molar-refractivity contribution in [3.05, 3.63) is 12.7 Å². The predicted octanol–water partition coefficient (Wildman–Crippen LogP) is 2.58. The highest BCUT2D eigenvalue weighted by Crippen LogP contribution is 2.60. The Morgan fingerprint density at radius 3 is 2.64 bits per heavy atom. The molecule has 3 aliphatic heterocycles. The first kappa shape index (κ1) is 26.2. The van der Waals surface area contributed by atoms with Crippen LogP contribution in [-0.4, -0.2) is 86.6 Å². The van der Waals surface area contributed by atoms with Crippen molar-refractivity contribution in [1.82, 2.24) is 9.80 Å². The van der Waals surface area contributed by atoms with E-state index < -0.39 is 35.6 Å². The minimum absolute atomic E-state index is 0.130. The van der Waals surface area contributed by atoms with E-state index in [9.17, 15) is 19.5 Å². The average Bonchev–Trinajstić information content (AvgIpc) is 3.36. The molecule has 186 valence electrons. The number of carboxylic acid groups (broad SMARTS) is 1. The van der Waals surface area contributed by atoms with Crippen LogP contribution in [0.2, 0.25) is 0 Å². The number of likely N-dealkylation sites (tertiary alicyclic amines) is 1. The van der Waals surface area contributed by atoms with Crippen LogP contribution in [0.3, 0.4) is 0 Å². The summed E-state index contributed by atoms with van der Waals surface area (Å²) in [5.41, 5.74) is -1.12. The number of hydrogen-bond donors (Lipinski definition) is 2. The van der Waals surface area contributed by atoms with Crippen molar-refractivity contribution in [2.24, 2.45) is 11.8 Å². The van der Waals surface area contributed by atoms with Crippen molar-refractivity contribution in [1.29, 1.82) is 0 Å². The molecule has 2 bridgehead atoms. The highest BCUT2D eigenvalue weighted by molar-refractivity contribution is 9.09. The van der Waals surface area contributed by atoms with Gasteiger partial charge in [-0.3, -0.25) is 14.4 Å². The van der Waals surface area contributed by atoms with Gasteiger partial charge in [-0.25, -0.2) is 0 Å². The lowest BCUT2D eigenvalue weighted by Crippen LogP contribution is -2.57. The number of carbonyl (C=O) groups excluding carboxylic acids is 2. The van der Waals surface area contributed by atoms with Crippen LogP contribution in [0.15, 0.2) is 12.7 Å². The summed E-state index contributed by atoms with van der Waals surface area (Å²) in [6.07, 6.45) is 7.44. The molecule has 3 heterocycles. The summed E-state index contributed by atoms with van der Waals surface area (Å²) < 4.78 is 6.31. The Morgan fingerprint density at radius 2 is 2.00 bits per heavy atom. The molecule has 3 fully saturated rings. The third-order valence-electron chi connectivity index (χ3n) is 7.31. The Morgan fingerprint density at radius 1 is 1.27 bits per heavy atom. The van der Waals surface area contributed by atoms with Gasteiger partial charge in [0.15, 0.2) is 0 Å². The molecule has 2 N–H and O–H groups in total. The van der Waals surface area contributed by atoms with E-state index in [-0.39, 0.29) is 23.2 Å². The summed E-state index contributed by atoms with van der Waals surface area (Å²) in [7, 11) is 0. The van der Waals surface area contributed by atoms with Gasteiger partial charge < -0.3 is 24.7 Å². The number of aliphatic hydroxyl groups excluding tert-OH is 1. The summed E-state index contributed by atoms with van der Waals surface area (Å²) in [5.74, 6) is -3.31. The van der Waals surface area contributed by atoms with Crippen LogP contribution in [0.5, 0.6) is 0 Å². The molecular weight excluding hydrogens is 492 g/mol. The first-order valence-corrected chi connectivity index (χ1v) is 13.1. The highest BCUT2D eigenvalue weighted by Gasteiger charge is 2.76. The van der Waals surface area contributed by atoms with Crippen LogP contribution in [0, 0.1) is 11.8 Å². The van der Waals surface area contributed by atoms with Gasteiger partial charge in [-0.15, -0.1) is 6.58 Å². The lowest BCUT2D eigenvalue weighted by Gasteiger charge is -2.37. The van der Waals surface area contributed by atoms with Gasteiger partial charge in [0.2, 0.25) is 11.8 Å². The molecule has 0 saturated carbocycles. The van der Waals surface area contributed by atoms with Crippen molar-refractivity contribution < 1.29 is 29.3 Å². The average molecular weight is 529 g/mol. The maximum Gasteiger partial charge on any atom is 0.310 e. The molecule has 3 rings (SSSR count). The molecule has 0 radical (unpaired) electrons. The molecular formula is C24H37BrN2O6. The molecule has 0 aromatic carbocycles. The molecule has 8 nitrogen and oxygen atoms in total. The second-order valence-electron chi connectivity index (χ2n) is 9.45. The SMILES string of the molecule is C=CCN(CCCCC)C(=O)[C@@H]1N(CCCCCCO)C(=O)[C@H]2[C@H](C(=O)O)[C@H]3O[C@@]12CC3Br. The fourth-order valence-electron chi connectivity index (χ4n) is 5.85. The molecule has 0 aromatic heterocycles. The summed E-state index contributed by atoms with van der Waals surface area (Å²) in [5, 5.41) is 19.0. The van der Waals surface area contributed by atoms with Gasteiger partial charge in [-0.1, -0.05) is 54.6 Å². The summed E-state index contributed by atoms with van der Waals surface area (Å²) in [6.45, 7) is 7.35. The molecule has 0 aromatic rings. The van der Waals surface area contributed by atoms with Gasteiger partial charge in [-0.05, 0) is 25.7 Å². The number of alkyl halides is 1. The predicted molar refractivity (Wildman–Crippen MR) is 127 cm³/mol. The molecule has 33 heavy (non-hydrogen) atoms. The maximum atomic E-state index is 13.9. The van der Waals surface area contributed by atoms with Gasteiger partial charge in [0.05, 0.1) is 17.9 Å². The summed E-state index contributed by atoms with van der Waals surface area (Å²) in [4.78, 5) is 42.8. The first-order chi connectivity index (χ1) is 15.8. The zero-order valence-electron chi connectivity index (χ0n) is 19.5. The van der Waals surface area contributed by atoms with Crippen LogP contribution < -0.4 is 0 Å². The molecule has 3 aliphatic rings. The van der Waals surface area contributed by atoms with Gasteiger partial charge in [0.25, 0.3) is 0 Å². The number of ether oxygens (including phenoxy) is 1. The Hall–Kier alpha value is -1.45. The molecule has 1 spiro atoms. The van der Waals surface area contributed by atoms with E-state index in [1.807, 2.05) is 0 Å². The highest BCUT2D eigenvalue weighted by atomic mass is 79.9. The van der Waals surface area contributed by atoms with E-state index in [2.05, 4.69) is 29.4 Å². The molecule has 0 aliphatic carbocycles. The third kappa shape index (κ3) is 4.86. The number of aliphatic carboxylic acids is 1. The number of amides is 2. The second kappa shape index (κ2) is 11.3. The Bertz CT molecular complexity index is 748. The fourth-order valence-corrected chi connectivity index (χ4v) is 6.79. The van der Waals surface area contributed by atoms with Crippen molar-refractivity contribution in [2.45, 2.75) is 80.9 Å². The van der Waals surface area contributed by atoms with Crippen LogP contribution in [0.25, 0.3) is 0 Å². The molecule has 6 atom stereocenters. The maximum absolute atomic E-state index is 13.9. The second-order valence-corrected chi connectivity index (χ2v) is 10.6. The van der Waals surface area contributed by atoms with Crippen LogP contribution in [0.1, 0.15) is 58.3 Å². The minimum Gasteiger partial charge on any atom is -0.481 e. The lowest BCUT2D eigenvalue weighted by molar-refractivity contribution is -0.150.